The van der Waals surface area contributed by atoms with Gasteiger partial charge in [-0.1, -0.05) is 32.9 Å². The lowest BCUT2D eigenvalue weighted by Gasteiger charge is -2.35. The lowest BCUT2D eigenvalue weighted by Crippen LogP contribution is -2.56. The van der Waals surface area contributed by atoms with Crippen molar-refractivity contribution in [3.63, 3.8) is 0 Å². The highest BCUT2D eigenvalue weighted by molar-refractivity contribution is 6.07. The summed E-state index contributed by atoms with van der Waals surface area (Å²) in [5.41, 5.74) is 6.43. The Kier molecular flexibility index (Phi) is 16.7. The number of ether oxygens (including phenoxy) is 3. The molecule has 19 nitrogen and oxygen atoms in total. The maximum Gasteiger partial charge on any atom is 0.405 e. The van der Waals surface area contributed by atoms with Crippen molar-refractivity contribution in [3.8, 4) is 17.1 Å². The Balaban J connectivity index is 0.966. The summed E-state index contributed by atoms with van der Waals surface area (Å²) < 4.78 is 61.1. The van der Waals surface area contributed by atoms with Gasteiger partial charge in [0.1, 0.15) is 31.3 Å². The van der Waals surface area contributed by atoms with Crippen LogP contribution in [0.4, 0.5) is 24.7 Å². The van der Waals surface area contributed by atoms with Gasteiger partial charge in [0.05, 0.1) is 56.7 Å². The molecule has 4 heterocycles. The van der Waals surface area contributed by atoms with Crippen molar-refractivity contribution in [1.82, 2.24) is 35.3 Å². The molecule has 4 amide bonds. The number of nitrogens with one attached hydrogen (secondary N) is 4. The number of aromatic nitrogens is 4. The lowest BCUT2D eigenvalue weighted by molar-refractivity contribution is -0.141. The van der Waals surface area contributed by atoms with E-state index in [9.17, 15) is 37.5 Å². The molecule has 0 radical (unpaired) electrons. The quantitative estimate of drug-likeness (QED) is 0.0622. The topological polar surface area (TPSA) is 250 Å². The molecule has 1 aliphatic rings. The molecule has 0 saturated carbocycles. The molecule has 3 atom stereocenters. The van der Waals surface area contributed by atoms with E-state index in [4.69, 9.17) is 24.4 Å². The molecule has 1 aromatic carbocycles. The number of nitrogens with zero attached hydrogens (tertiary/aromatic N) is 5. The fourth-order valence-corrected chi connectivity index (χ4v) is 6.40. The third-order valence-corrected chi connectivity index (χ3v) is 9.59. The van der Waals surface area contributed by atoms with Crippen LogP contribution in [0.1, 0.15) is 60.7 Å². The summed E-state index contributed by atoms with van der Waals surface area (Å²) in [7, 11) is 0. The Morgan fingerprint density at radius 1 is 1.02 bits per heavy atom. The van der Waals surface area contributed by atoms with Gasteiger partial charge in [0.2, 0.25) is 17.7 Å². The van der Waals surface area contributed by atoms with Crippen LogP contribution in [0, 0.1) is 5.41 Å². The zero-order chi connectivity index (χ0) is 45.7. The number of benzene rings is 1. The van der Waals surface area contributed by atoms with Crippen LogP contribution in [0.3, 0.4) is 0 Å². The number of amides is 4. The smallest absolute Gasteiger partial charge is 0.405 e. The summed E-state index contributed by atoms with van der Waals surface area (Å²) in [6.07, 6.45) is -0.773. The normalized spacial score (nSPS) is 15.9. The molecule has 0 bridgehead atoms. The summed E-state index contributed by atoms with van der Waals surface area (Å²) in [4.78, 5) is 60.6. The number of aliphatic hydroxyl groups excluding tert-OH is 1. The summed E-state index contributed by atoms with van der Waals surface area (Å²) >= 11 is 0. The molecule has 7 N–H and O–H groups in total. The molecular weight excluding hydrogens is 834 g/mol. The minimum Gasteiger partial charge on any atom is -0.444 e. The van der Waals surface area contributed by atoms with Crippen LogP contribution in [0.5, 0.6) is 0 Å². The van der Waals surface area contributed by atoms with Crippen LogP contribution in [0.15, 0.2) is 59.5 Å². The number of anilines is 2. The Morgan fingerprint density at radius 3 is 2.37 bits per heavy atom. The van der Waals surface area contributed by atoms with Gasteiger partial charge in [0, 0.05) is 37.4 Å². The summed E-state index contributed by atoms with van der Waals surface area (Å²) in [6.45, 7) is 8.90. The fourth-order valence-electron chi connectivity index (χ4n) is 6.40. The minimum absolute atomic E-state index is 0.0136. The van der Waals surface area contributed by atoms with Crippen molar-refractivity contribution in [2.24, 2.45) is 11.1 Å². The van der Waals surface area contributed by atoms with E-state index < -0.39 is 48.0 Å². The number of carbonyl (C=O) groups is 4. The second kappa shape index (κ2) is 21.9. The number of hydrogen-bond acceptors (Lipinski definition) is 14. The average molecular weight is 887 g/mol. The van der Waals surface area contributed by atoms with Crippen LogP contribution in [0.2, 0.25) is 0 Å². The minimum atomic E-state index is -4.45. The first-order valence-corrected chi connectivity index (χ1v) is 20.1. The highest BCUT2D eigenvalue weighted by atomic mass is 19.4. The van der Waals surface area contributed by atoms with Crippen LogP contribution in [-0.4, -0.2) is 137 Å². The summed E-state index contributed by atoms with van der Waals surface area (Å²) in [5.74, 6) is -2.39. The van der Waals surface area contributed by atoms with Gasteiger partial charge >= 0.3 is 6.18 Å². The van der Waals surface area contributed by atoms with Gasteiger partial charge in [0.25, 0.3) is 11.8 Å². The van der Waals surface area contributed by atoms with E-state index in [1.807, 2.05) is 39.8 Å². The highest BCUT2D eigenvalue weighted by Gasteiger charge is 2.40. The number of β-amino-alcohol motifs (C(OH)–C–C–N with tert-alkyl or cyclic N) is 1. The van der Waals surface area contributed by atoms with E-state index in [-0.39, 0.29) is 72.7 Å². The molecule has 4 aromatic rings. The second-order valence-corrected chi connectivity index (χ2v) is 15.8. The SMILES string of the molecule is C[C@@H]1C[C@@H](O)CN1C(=O)[C@@H](NC(=O)COCCOCCOCCNCc1ccc(-n2cc(NC(=O)c3coc(-c4ccnc(NCC(F)(F)F)c4)n3)c(C(N)=O)n2)cc1)C(C)(C)C. The number of primary amides is 1. The van der Waals surface area contributed by atoms with Crippen molar-refractivity contribution >= 4 is 35.1 Å². The first kappa shape index (κ1) is 48.1. The molecule has 22 heteroatoms. The van der Waals surface area contributed by atoms with Gasteiger partial charge in [-0.2, -0.15) is 18.3 Å². The predicted molar refractivity (Wildman–Crippen MR) is 222 cm³/mol. The zero-order valence-electron chi connectivity index (χ0n) is 35.4. The zero-order valence-corrected chi connectivity index (χ0v) is 35.4. The molecule has 5 rings (SSSR count). The van der Waals surface area contributed by atoms with E-state index in [1.54, 1.807) is 17.0 Å². The number of carbonyl (C=O) groups excluding carboxylic acids is 4. The predicted octanol–water partition coefficient (Wildman–Crippen LogP) is 2.90. The molecule has 0 spiro atoms. The first-order valence-electron chi connectivity index (χ1n) is 20.1. The third-order valence-electron chi connectivity index (χ3n) is 9.59. The molecule has 3 aromatic heterocycles. The highest BCUT2D eigenvalue weighted by Crippen LogP contribution is 2.27. The summed E-state index contributed by atoms with van der Waals surface area (Å²) in [6, 6.07) is 9.13. The Labute approximate surface area is 361 Å². The molecule has 63 heavy (non-hydrogen) atoms. The Hall–Kier alpha value is -5.94. The fraction of sp³-hybridized carbons (Fsp3) is 0.488. The van der Waals surface area contributed by atoms with Gasteiger partial charge in [-0.05, 0) is 48.6 Å². The Morgan fingerprint density at radius 2 is 1.71 bits per heavy atom. The first-order chi connectivity index (χ1) is 29.9. The van der Waals surface area contributed by atoms with Crippen LogP contribution < -0.4 is 27.0 Å². The maximum atomic E-state index is 13.2. The van der Waals surface area contributed by atoms with E-state index in [0.717, 1.165) is 11.8 Å². The number of nitrogens with two attached hydrogens (primary N) is 1. The lowest BCUT2D eigenvalue weighted by atomic mass is 9.85. The van der Waals surface area contributed by atoms with Crippen LogP contribution in [0.25, 0.3) is 17.1 Å². The number of halogens is 3. The largest absolute Gasteiger partial charge is 0.444 e. The monoisotopic (exact) mass is 886 g/mol. The van der Waals surface area contributed by atoms with Gasteiger partial charge in [0.15, 0.2) is 11.4 Å². The van der Waals surface area contributed by atoms with Crippen molar-refractivity contribution in [1.29, 1.82) is 0 Å². The van der Waals surface area contributed by atoms with E-state index >= 15 is 0 Å². The van der Waals surface area contributed by atoms with Gasteiger partial charge < -0.3 is 55.6 Å². The van der Waals surface area contributed by atoms with Gasteiger partial charge in [-0.15, -0.1) is 0 Å². The van der Waals surface area contributed by atoms with Crippen molar-refractivity contribution < 1.29 is 56.1 Å². The molecule has 342 valence electrons. The average Bonchev–Trinajstić information content (AvgIpc) is 3.98. The number of oxazole rings is 1. The number of likely N-dealkylation sites (tertiary alicyclic amines) is 1. The summed E-state index contributed by atoms with van der Waals surface area (Å²) in [5, 5.41) is 25.0. The standard InChI is InChI=1S/C41H53F3N10O9/c1-25-17-29(55)20-53(25)39(59)35(40(2,3)4)51-33(56)23-62-16-15-61-14-13-60-12-11-46-19-26-5-7-28(8-6-26)54-21-30(34(52-54)36(45)57)49-37(58)31-22-63-38(50-31)27-9-10-47-32(18-27)48-24-41(42,43)44/h5-10,18,21-22,25,29,35,46,55H,11-17,19-20,23-24H2,1-4H3,(H2,45,57)(H,47,48)(H,49,58)(H,51,56)/t25-,29-,35-/m1/s1. The van der Waals surface area contributed by atoms with Crippen molar-refractivity contribution in [2.45, 2.75) is 65.0 Å². The van der Waals surface area contributed by atoms with Crippen molar-refractivity contribution in [3.05, 3.63) is 72.0 Å². The van der Waals surface area contributed by atoms with Crippen LogP contribution in [-0.2, 0) is 30.3 Å². The molecule has 1 saturated heterocycles. The molecule has 1 aliphatic heterocycles. The number of rotatable bonds is 22. The Bertz CT molecular complexity index is 2160. The maximum absolute atomic E-state index is 13.2. The molecule has 1 fully saturated rings. The second-order valence-electron chi connectivity index (χ2n) is 15.8. The number of pyridine rings is 1. The molecular formula is C41H53F3N10O9. The van der Waals surface area contributed by atoms with Crippen LogP contribution >= 0.6 is 0 Å². The number of alkyl halides is 3. The van der Waals surface area contributed by atoms with E-state index in [1.165, 1.54) is 29.2 Å². The number of hydrogen-bond donors (Lipinski definition) is 6. The van der Waals surface area contributed by atoms with Gasteiger partial charge in [-0.25, -0.2) is 14.6 Å². The van der Waals surface area contributed by atoms with Gasteiger partial charge in [-0.3, -0.25) is 19.2 Å². The van der Waals surface area contributed by atoms with E-state index in [0.29, 0.717) is 45.0 Å². The van der Waals surface area contributed by atoms with Crippen molar-refractivity contribution in [2.75, 3.05) is 69.9 Å². The molecule has 0 unspecified atom stereocenters. The molecule has 0 aliphatic carbocycles. The number of aliphatic hydroxyl groups is 1. The van der Waals surface area contributed by atoms with E-state index in [2.05, 4.69) is 36.3 Å². The third kappa shape index (κ3) is 14.6.